The Kier molecular flexibility index (Phi) is 7.11. The third kappa shape index (κ3) is 6.34. The van der Waals surface area contributed by atoms with Crippen molar-refractivity contribution in [2.75, 3.05) is 6.54 Å². The first kappa shape index (κ1) is 15.6. The van der Waals surface area contributed by atoms with E-state index in [1.54, 1.807) is 6.20 Å². The zero-order valence-corrected chi connectivity index (χ0v) is 12.0. The van der Waals surface area contributed by atoms with Crippen LogP contribution in [0.25, 0.3) is 0 Å². The molecule has 1 rings (SSSR count). The molecule has 1 amide bonds. The van der Waals surface area contributed by atoms with E-state index in [0.717, 1.165) is 30.5 Å². The van der Waals surface area contributed by atoms with Gasteiger partial charge in [-0.1, -0.05) is 19.4 Å². The van der Waals surface area contributed by atoms with E-state index in [2.05, 4.69) is 17.2 Å². The first-order chi connectivity index (χ1) is 9.15. The van der Waals surface area contributed by atoms with E-state index in [-0.39, 0.29) is 5.91 Å². The Labute approximate surface area is 115 Å². The average Bonchev–Trinajstić information content (AvgIpc) is 2.42. The summed E-state index contributed by atoms with van der Waals surface area (Å²) in [6.45, 7) is 5.36. The molecule has 0 aliphatic heterocycles. The highest BCUT2D eigenvalue weighted by Crippen LogP contribution is 2.14. The normalized spacial score (nSPS) is 12.2. The van der Waals surface area contributed by atoms with Crippen LogP contribution in [0.15, 0.2) is 18.3 Å². The summed E-state index contributed by atoms with van der Waals surface area (Å²) in [5.41, 5.74) is 7.57. The van der Waals surface area contributed by atoms with Gasteiger partial charge >= 0.3 is 0 Å². The fourth-order valence-electron chi connectivity index (χ4n) is 2.02. The monoisotopic (exact) mass is 263 g/mol. The van der Waals surface area contributed by atoms with Crippen molar-refractivity contribution in [3.8, 4) is 0 Å². The van der Waals surface area contributed by atoms with Crippen molar-refractivity contribution in [3.63, 3.8) is 0 Å². The van der Waals surface area contributed by atoms with Gasteiger partial charge in [0, 0.05) is 24.9 Å². The lowest BCUT2D eigenvalue weighted by molar-refractivity contribution is -0.121. The second-order valence-corrected chi connectivity index (χ2v) is 4.97. The Morgan fingerprint density at radius 3 is 2.79 bits per heavy atom. The topological polar surface area (TPSA) is 68.0 Å². The summed E-state index contributed by atoms with van der Waals surface area (Å²) in [5.74, 6) is 0.674. The maximum atomic E-state index is 11.7. The van der Waals surface area contributed by atoms with Gasteiger partial charge < -0.3 is 11.1 Å². The summed E-state index contributed by atoms with van der Waals surface area (Å²) in [6, 6.07) is 3.95. The number of nitrogens with two attached hydrogens (primary N) is 1. The van der Waals surface area contributed by atoms with Crippen LogP contribution in [0.5, 0.6) is 0 Å². The second kappa shape index (κ2) is 8.64. The first-order valence-electron chi connectivity index (χ1n) is 7.04. The summed E-state index contributed by atoms with van der Waals surface area (Å²) in [5, 5.41) is 2.93. The Hall–Kier alpha value is -1.42. The molecule has 1 heterocycles. The maximum Gasteiger partial charge on any atom is 0.220 e. The molecular formula is C15H25N3O. The molecular weight excluding hydrogens is 238 g/mol. The van der Waals surface area contributed by atoms with Gasteiger partial charge in [0.25, 0.3) is 0 Å². The number of nitrogens with one attached hydrogen (secondary N) is 1. The maximum absolute atomic E-state index is 11.7. The zero-order valence-electron chi connectivity index (χ0n) is 12.0. The molecule has 4 heteroatoms. The molecule has 1 aromatic heterocycles. The fourth-order valence-corrected chi connectivity index (χ4v) is 2.02. The Morgan fingerprint density at radius 2 is 2.21 bits per heavy atom. The van der Waals surface area contributed by atoms with Crippen molar-refractivity contribution in [3.05, 3.63) is 29.6 Å². The minimum absolute atomic E-state index is 0.107. The number of carbonyl (C=O) groups is 1. The average molecular weight is 263 g/mol. The summed E-state index contributed by atoms with van der Waals surface area (Å²) in [7, 11) is 0. The smallest absolute Gasteiger partial charge is 0.220 e. The van der Waals surface area contributed by atoms with Gasteiger partial charge in [0.1, 0.15) is 0 Å². The lowest BCUT2D eigenvalue weighted by atomic mass is 9.96. The molecule has 0 spiro atoms. The highest BCUT2D eigenvalue weighted by atomic mass is 16.1. The van der Waals surface area contributed by atoms with Crippen molar-refractivity contribution >= 4 is 5.91 Å². The molecule has 0 aliphatic carbocycles. The van der Waals surface area contributed by atoms with E-state index < -0.39 is 0 Å². The number of amides is 1. The van der Waals surface area contributed by atoms with Crippen LogP contribution in [0.2, 0.25) is 0 Å². The quantitative estimate of drug-likeness (QED) is 0.755. The molecule has 0 saturated carbocycles. The number of carbonyl (C=O) groups excluding carboxylic acids is 1. The first-order valence-corrected chi connectivity index (χ1v) is 7.04. The summed E-state index contributed by atoms with van der Waals surface area (Å²) >= 11 is 0. The molecule has 0 saturated heterocycles. The van der Waals surface area contributed by atoms with E-state index in [4.69, 9.17) is 5.73 Å². The van der Waals surface area contributed by atoms with Crippen LogP contribution < -0.4 is 11.1 Å². The predicted molar refractivity (Wildman–Crippen MR) is 77.5 cm³/mol. The molecule has 3 N–H and O–H groups in total. The molecule has 1 unspecified atom stereocenters. The van der Waals surface area contributed by atoms with Crippen LogP contribution in [0.4, 0.5) is 0 Å². The summed E-state index contributed by atoms with van der Waals surface area (Å²) in [6.07, 6.45) is 5.40. The van der Waals surface area contributed by atoms with Crippen LogP contribution in [0.1, 0.15) is 43.9 Å². The van der Waals surface area contributed by atoms with E-state index in [0.29, 0.717) is 25.4 Å². The SMILES string of the molecule is CCC(CCN)CCC(=O)NCc1ccc(C)nc1. The van der Waals surface area contributed by atoms with Gasteiger partial charge in [-0.05, 0) is 43.9 Å². The van der Waals surface area contributed by atoms with E-state index in [1.807, 2.05) is 19.1 Å². The van der Waals surface area contributed by atoms with Crippen LogP contribution in [0.3, 0.4) is 0 Å². The predicted octanol–water partition coefficient (Wildman–Crippen LogP) is 2.16. The van der Waals surface area contributed by atoms with Crippen molar-refractivity contribution in [1.29, 1.82) is 0 Å². The summed E-state index contributed by atoms with van der Waals surface area (Å²) < 4.78 is 0. The lowest BCUT2D eigenvalue weighted by Crippen LogP contribution is -2.23. The van der Waals surface area contributed by atoms with Crippen LogP contribution >= 0.6 is 0 Å². The number of nitrogens with zero attached hydrogens (tertiary/aromatic N) is 1. The van der Waals surface area contributed by atoms with Crippen LogP contribution in [-0.4, -0.2) is 17.4 Å². The van der Waals surface area contributed by atoms with Gasteiger partial charge in [-0.2, -0.15) is 0 Å². The largest absolute Gasteiger partial charge is 0.352 e. The van der Waals surface area contributed by atoms with E-state index >= 15 is 0 Å². The number of aromatic nitrogens is 1. The van der Waals surface area contributed by atoms with Crippen molar-refractivity contribution in [2.45, 2.75) is 46.1 Å². The van der Waals surface area contributed by atoms with Crippen molar-refractivity contribution in [1.82, 2.24) is 10.3 Å². The summed E-state index contributed by atoms with van der Waals surface area (Å²) in [4.78, 5) is 15.9. The lowest BCUT2D eigenvalue weighted by Gasteiger charge is -2.13. The van der Waals surface area contributed by atoms with Crippen molar-refractivity contribution < 1.29 is 4.79 Å². The molecule has 0 bridgehead atoms. The molecule has 0 aromatic carbocycles. The third-order valence-corrected chi connectivity index (χ3v) is 3.39. The van der Waals surface area contributed by atoms with E-state index in [1.165, 1.54) is 0 Å². The van der Waals surface area contributed by atoms with Crippen molar-refractivity contribution in [2.24, 2.45) is 11.7 Å². The standard InChI is InChI=1S/C15H25N3O/c1-3-13(8-9-16)6-7-15(19)18-11-14-5-4-12(2)17-10-14/h4-5,10,13H,3,6-9,11,16H2,1-2H3,(H,18,19). The molecule has 106 valence electrons. The highest BCUT2D eigenvalue weighted by molar-refractivity contribution is 5.75. The number of hydrogen-bond acceptors (Lipinski definition) is 3. The molecule has 0 radical (unpaired) electrons. The third-order valence-electron chi connectivity index (χ3n) is 3.39. The number of pyridine rings is 1. The molecule has 0 aliphatic rings. The Bertz CT molecular complexity index is 375. The zero-order chi connectivity index (χ0) is 14.1. The van der Waals surface area contributed by atoms with Crippen LogP contribution in [-0.2, 0) is 11.3 Å². The van der Waals surface area contributed by atoms with Gasteiger partial charge in [0.05, 0.1) is 0 Å². The molecule has 4 nitrogen and oxygen atoms in total. The van der Waals surface area contributed by atoms with Gasteiger partial charge in [0.2, 0.25) is 5.91 Å². The van der Waals surface area contributed by atoms with Gasteiger partial charge in [0.15, 0.2) is 0 Å². The van der Waals surface area contributed by atoms with Crippen LogP contribution in [0, 0.1) is 12.8 Å². The Balaban J connectivity index is 2.25. The van der Waals surface area contributed by atoms with Gasteiger partial charge in [-0.3, -0.25) is 9.78 Å². The molecule has 0 fully saturated rings. The fraction of sp³-hybridized carbons (Fsp3) is 0.600. The minimum Gasteiger partial charge on any atom is -0.352 e. The Morgan fingerprint density at radius 1 is 1.42 bits per heavy atom. The van der Waals surface area contributed by atoms with Gasteiger partial charge in [-0.15, -0.1) is 0 Å². The highest BCUT2D eigenvalue weighted by Gasteiger charge is 2.08. The molecule has 1 aromatic rings. The number of hydrogen-bond donors (Lipinski definition) is 2. The molecule has 19 heavy (non-hydrogen) atoms. The number of aryl methyl sites for hydroxylation is 1. The molecule has 1 atom stereocenters. The number of rotatable bonds is 8. The van der Waals surface area contributed by atoms with E-state index in [9.17, 15) is 4.79 Å². The second-order valence-electron chi connectivity index (χ2n) is 4.97. The van der Waals surface area contributed by atoms with Gasteiger partial charge in [-0.25, -0.2) is 0 Å². The minimum atomic E-state index is 0.107.